The number of hydrogen-bond acceptors (Lipinski definition) is 3. The maximum absolute atomic E-state index is 11.6. The van der Waals surface area contributed by atoms with Crippen LogP contribution in [0.4, 0.5) is 5.69 Å². The van der Waals surface area contributed by atoms with Crippen LogP contribution in [0.15, 0.2) is 18.2 Å². The van der Waals surface area contributed by atoms with E-state index in [1.54, 1.807) is 18.0 Å². The lowest BCUT2D eigenvalue weighted by Crippen LogP contribution is -2.38. The van der Waals surface area contributed by atoms with Gasteiger partial charge in [0.15, 0.2) is 0 Å². The zero-order valence-electron chi connectivity index (χ0n) is 11.1. The summed E-state index contributed by atoms with van der Waals surface area (Å²) in [5, 5.41) is 11.8. The van der Waals surface area contributed by atoms with Gasteiger partial charge in [-0.1, -0.05) is 11.6 Å². The number of rotatable bonds is 5. The van der Waals surface area contributed by atoms with Crippen LogP contribution >= 0.6 is 11.6 Å². The van der Waals surface area contributed by atoms with E-state index in [-0.39, 0.29) is 29.1 Å². The third kappa shape index (κ3) is 4.44. The molecule has 0 bridgehead atoms. The first-order valence-corrected chi connectivity index (χ1v) is 6.22. The smallest absolute Gasteiger partial charge is 0.337 e. The molecule has 0 aromatic heterocycles. The molecule has 19 heavy (non-hydrogen) atoms. The van der Waals surface area contributed by atoms with Gasteiger partial charge in [0.25, 0.3) is 0 Å². The molecule has 6 heteroatoms. The summed E-state index contributed by atoms with van der Waals surface area (Å²) in [7, 11) is 1.74. The summed E-state index contributed by atoms with van der Waals surface area (Å²) in [6.45, 7) is 3.95. The Bertz CT molecular complexity index is 489. The molecule has 2 N–H and O–H groups in total. The molecule has 0 fully saturated rings. The van der Waals surface area contributed by atoms with Crippen LogP contribution in [0.2, 0.25) is 5.02 Å². The second-order valence-corrected chi connectivity index (χ2v) is 4.95. The molecule has 104 valence electrons. The first-order valence-electron chi connectivity index (χ1n) is 5.84. The Hall–Kier alpha value is -1.75. The van der Waals surface area contributed by atoms with Crippen molar-refractivity contribution in [2.24, 2.45) is 0 Å². The van der Waals surface area contributed by atoms with Crippen molar-refractivity contribution in [1.82, 2.24) is 5.32 Å². The standard InChI is InChI=1S/C13H17ClN2O3/c1-8(2)15-12(17)7-16(3)9-4-5-10(13(18)19)11(14)6-9/h4-6,8H,7H2,1-3H3,(H,15,17)(H,18,19). The lowest BCUT2D eigenvalue weighted by atomic mass is 10.2. The summed E-state index contributed by atoms with van der Waals surface area (Å²) < 4.78 is 0. The number of carbonyl (C=O) groups is 2. The van der Waals surface area contributed by atoms with Crippen LogP contribution in [-0.4, -0.2) is 36.6 Å². The van der Waals surface area contributed by atoms with E-state index >= 15 is 0 Å². The summed E-state index contributed by atoms with van der Waals surface area (Å²) in [6, 6.07) is 4.67. The van der Waals surface area contributed by atoms with E-state index in [1.165, 1.54) is 12.1 Å². The van der Waals surface area contributed by atoms with Gasteiger partial charge in [-0.05, 0) is 32.0 Å². The van der Waals surface area contributed by atoms with Crippen LogP contribution < -0.4 is 10.2 Å². The molecular formula is C13H17ClN2O3. The van der Waals surface area contributed by atoms with Gasteiger partial charge in [0.2, 0.25) is 5.91 Å². The van der Waals surface area contributed by atoms with Crippen molar-refractivity contribution in [2.75, 3.05) is 18.5 Å². The molecule has 1 amide bonds. The minimum Gasteiger partial charge on any atom is -0.478 e. The van der Waals surface area contributed by atoms with Gasteiger partial charge in [-0.2, -0.15) is 0 Å². The molecule has 0 saturated heterocycles. The van der Waals surface area contributed by atoms with Gasteiger partial charge < -0.3 is 15.3 Å². The number of carboxylic acid groups (broad SMARTS) is 1. The van der Waals surface area contributed by atoms with E-state index in [2.05, 4.69) is 5.32 Å². The average Bonchev–Trinajstić information content (AvgIpc) is 2.26. The van der Waals surface area contributed by atoms with E-state index in [0.717, 1.165) is 0 Å². The number of hydrogen-bond donors (Lipinski definition) is 2. The third-order valence-electron chi connectivity index (χ3n) is 2.45. The molecule has 0 aliphatic heterocycles. The predicted octanol–water partition coefficient (Wildman–Crippen LogP) is 2.00. The molecular weight excluding hydrogens is 268 g/mol. The molecule has 0 radical (unpaired) electrons. The topological polar surface area (TPSA) is 69.6 Å². The molecule has 0 aliphatic carbocycles. The number of halogens is 1. The summed E-state index contributed by atoms with van der Waals surface area (Å²) in [4.78, 5) is 24.2. The van der Waals surface area contributed by atoms with E-state index in [4.69, 9.17) is 16.7 Å². The van der Waals surface area contributed by atoms with Crippen molar-refractivity contribution in [1.29, 1.82) is 0 Å². The van der Waals surface area contributed by atoms with Crippen molar-refractivity contribution < 1.29 is 14.7 Å². The van der Waals surface area contributed by atoms with E-state index in [1.807, 2.05) is 13.8 Å². The van der Waals surface area contributed by atoms with Crippen LogP contribution in [0.1, 0.15) is 24.2 Å². The molecule has 1 aromatic carbocycles. The monoisotopic (exact) mass is 284 g/mol. The van der Waals surface area contributed by atoms with Gasteiger partial charge in [-0.3, -0.25) is 4.79 Å². The maximum atomic E-state index is 11.6. The second kappa shape index (κ2) is 6.43. The van der Waals surface area contributed by atoms with E-state index in [9.17, 15) is 9.59 Å². The van der Waals surface area contributed by atoms with Crippen LogP contribution in [0.5, 0.6) is 0 Å². The van der Waals surface area contributed by atoms with Gasteiger partial charge in [-0.15, -0.1) is 0 Å². The van der Waals surface area contributed by atoms with Gasteiger partial charge >= 0.3 is 5.97 Å². The molecule has 1 aromatic rings. The fourth-order valence-corrected chi connectivity index (χ4v) is 1.84. The lowest BCUT2D eigenvalue weighted by molar-refractivity contribution is -0.120. The van der Waals surface area contributed by atoms with E-state index in [0.29, 0.717) is 5.69 Å². The molecule has 1 rings (SSSR count). The first kappa shape index (κ1) is 15.3. The van der Waals surface area contributed by atoms with Crippen molar-refractivity contribution in [3.05, 3.63) is 28.8 Å². The van der Waals surface area contributed by atoms with Crippen molar-refractivity contribution in [3.63, 3.8) is 0 Å². The van der Waals surface area contributed by atoms with Crippen molar-refractivity contribution >= 4 is 29.2 Å². The number of anilines is 1. The highest BCUT2D eigenvalue weighted by Gasteiger charge is 2.12. The Morgan fingerprint density at radius 3 is 2.53 bits per heavy atom. The average molecular weight is 285 g/mol. The molecule has 0 saturated carbocycles. The van der Waals surface area contributed by atoms with Crippen LogP contribution in [0.3, 0.4) is 0 Å². The van der Waals surface area contributed by atoms with Gasteiger partial charge in [0.05, 0.1) is 17.1 Å². The molecule has 0 atom stereocenters. The van der Waals surface area contributed by atoms with Crippen LogP contribution in [0, 0.1) is 0 Å². The Labute approximate surface area is 117 Å². The molecule has 0 aliphatic rings. The zero-order chi connectivity index (χ0) is 14.6. The van der Waals surface area contributed by atoms with Crippen molar-refractivity contribution in [2.45, 2.75) is 19.9 Å². The highest BCUT2D eigenvalue weighted by Crippen LogP contribution is 2.23. The summed E-state index contributed by atoms with van der Waals surface area (Å²) in [5.74, 6) is -1.17. The number of nitrogens with one attached hydrogen (secondary N) is 1. The maximum Gasteiger partial charge on any atom is 0.337 e. The number of aromatic carboxylic acids is 1. The number of likely N-dealkylation sites (N-methyl/N-ethyl adjacent to an activating group) is 1. The number of amides is 1. The van der Waals surface area contributed by atoms with Crippen molar-refractivity contribution in [3.8, 4) is 0 Å². The predicted molar refractivity (Wildman–Crippen MR) is 75.0 cm³/mol. The number of nitrogens with zero attached hydrogens (tertiary/aromatic N) is 1. The first-order chi connectivity index (χ1) is 8.81. The number of carbonyl (C=O) groups excluding carboxylic acids is 1. The molecule has 0 unspecified atom stereocenters. The minimum atomic E-state index is -1.07. The minimum absolute atomic E-state index is 0.0467. The van der Waals surface area contributed by atoms with Gasteiger partial charge in [0.1, 0.15) is 0 Å². The Morgan fingerprint density at radius 1 is 1.42 bits per heavy atom. The quantitative estimate of drug-likeness (QED) is 0.868. The molecule has 5 nitrogen and oxygen atoms in total. The second-order valence-electron chi connectivity index (χ2n) is 4.55. The summed E-state index contributed by atoms with van der Waals surface area (Å²) >= 11 is 5.88. The highest BCUT2D eigenvalue weighted by molar-refractivity contribution is 6.33. The normalized spacial score (nSPS) is 10.4. The third-order valence-corrected chi connectivity index (χ3v) is 2.77. The van der Waals surface area contributed by atoms with Gasteiger partial charge in [0, 0.05) is 18.8 Å². The highest BCUT2D eigenvalue weighted by atomic mass is 35.5. The number of benzene rings is 1. The fourth-order valence-electron chi connectivity index (χ4n) is 1.59. The summed E-state index contributed by atoms with van der Waals surface area (Å²) in [6.07, 6.45) is 0. The SMILES string of the molecule is CC(C)NC(=O)CN(C)c1ccc(C(=O)O)c(Cl)c1. The largest absolute Gasteiger partial charge is 0.478 e. The summed E-state index contributed by atoms with van der Waals surface area (Å²) in [5.41, 5.74) is 0.736. The Balaban J connectivity index is 2.78. The molecule has 0 spiro atoms. The Morgan fingerprint density at radius 2 is 2.05 bits per heavy atom. The van der Waals surface area contributed by atoms with Crippen LogP contribution in [-0.2, 0) is 4.79 Å². The lowest BCUT2D eigenvalue weighted by Gasteiger charge is -2.20. The zero-order valence-corrected chi connectivity index (χ0v) is 11.9. The van der Waals surface area contributed by atoms with E-state index < -0.39 is 5.97 Å². The molecule has 0 heterocycles. The van der Waals surface area contributed by atoms with Gasteiger partial charge in [-0.25, -0.2) is 4.79 Å². The fraction of sp³-hybridized carbons (Fsp3) is 0.385. The van der Waals surface area contributed by atoms with Crippen LogP contribution in [0.25, 0.3) is 0 Å². The Kier molecular flexibility index (Phi) is 5.18. The number of carboxylic acids is 1.